The second-order valence-corrected chi connectivity index (χ2v) is 6.13. The Morgan fingerprint density at radius 3 is 2.59 bits per heavy atom. The first-order valence-electron chi connectivity index (χ1n) is 7.63. The zero-order valence-electron chi connectivity index (χ0n) is 12.2. The molecule has 0 aliphatic carbocycles. The van der Waals surface area contributed by atoms with E-state index in [1.54, 1.807) is 4.40 Å². The highest BCUT2D eigenvalue weighted by atomic mass is 35.5. The summed E-state index contributed by atoms with van der Waals surface area (Å²) in [5.74, 6) is 0.623. The molecule has 0 saturated carbocycles. The van der Waals surface area contributed by atoms with Gasteiger partial charge in [-0.3, -0.25) is 4.79 Å². The van der Waals surface area contributed by atoms with Gasteiger partial charge in [-0.05, 0) is 38.1 Å². The van der Waals surface area contributed by atoms with Crippen molar-refractivity contribution in [1.82, 2.24) is 18.9 Å². The fourth-order valence-corrected chi connectivity index (χ4v) is 3.48. The summed E-state index contributed by atoms with van der Waals surface area (Å²) in [6.45, 7) is 4.09. The van der Waals surface area contributed by atoms with Gasteiger partial charge in [-0.25, -0.2) is 9.38 Å². The Morgan fingerprint density at radius 2 is 1.82 bits per heavy atom. The number of halogens is 1. The van der Waals surface area contributed by atoms with E-state index >= 15 is 0 Å². The molecule has 1 aliphatic heterocycles. The smallest absolute Gasteiger partial charge is 0.261 e. The number of fused-ring (bicyclic) bond motifs is 3. The molecular weight excluding hydrogens is 300 g/mol. The third-order valence-electron chi connectivity index (χ3n) is 4.36. The molecule has 1 fully saturated rings. The molecule has 114 valence electrons. The van der Waals surface area contributed by atoms with Gasteiger partial charge in [-0.1, -0.05) is 23.7 Å². The van der Waals surface area contributed by atoms with Gasteiger partial charge >= 0.3 is 0 Å². The Balaban J connectivity index is 1.88. The van der Waals surface area contributed by atoms with Crippen LogP contribution in [0.3, 0.4) is 0 Å². The molecule has 0 amide bonds. The number of rotatable bonds is 3. The molecule has 3 aromatic rings. The second kappa shape index (κ2) is 5.41. The Hall–Kier alpha value is -1.85. The van der Waals surface area contributed by atoms with Crippen LogP contribution in [0.5, 0.6) is 0 Å². The van der Waals surface area contributed by atoms with Gasteiger partial charge in [0.15, 0.2) is 0 Å². The molecule has 0 unspecified atom stereocenters. The van der Waals surface area contributed by atoms with Crippen molar-refractivity contribution in [2.45, 2.75) is 19.4 Å². The molecule has 0 atom stereocenters. The van der Waals surface area contributed by atoms with Crippen LogP contribution in [0, 0.1) is 0 Å². The monoisotopic (exact) mass is 316 g/mol. The summed E-state index contributed by atoms with van der Waals surface area (Å²) >= 11 is 6.00. The number of benzene rings is 1. The van der Waals surface area contributed by atoms with E-state index in [4.69, 9.17) is 11.6 Å². The zero-order chi connectivity index (χ0) is 15.1. The Bertz CT molecular complexity index is 892. The van der Waals surface area contributed by atoms with E-state index in [9.17, 15) is 4.79 Å². The maximum Gasteiger partial charge on any atom is 0.261 e. The highest BCUT2D eigenvalue weighted by molar-refractivity contribution is 6.29. The molecule has 5 nitrogen and oxygen atoms in total. The largest absolute Gasteiger partial charge is 0.308 e. The first kappa shape index (κ1) is 13.8. The number of aromatic nitrogens is 3. The standard InChI is InChI=1S/C16H17ClN4O/c17-14-11-15(22)21-13-6-2-1-5-12(13)20(16(21)18-14)10-9-19-7-3-4-8-19/h1-2,5-6,11H,3-4,7-10H2. The van der Waals surface area contributed by atoms with Crippen LogP contribution in [0.1, 0.15) is 12.8 Å². The van der Waals surface area contributed by atoms with Crippen molar-refractivity contribution in [3.63, 3.8) is 0 Å². The van der Waals surface area contributed by atoms with Crippen LogP contribution in [0.2, 0.25) is 5.15 Å². The van der Waals surface area contributed by atoms with Gasteiger partial charge in [0, 0.05) is 19.2 Å². The molecule has 1 saturated heterocycles. The van der Waals surface area contributed by atoms with E-state index in [2.05, 4.69) is 14.5 Å². The summed E-state index contributed by atoms with van der Waals surface area (Å²) in [7, 11) is 0. The van der Waals surface area contributed by atoms with Crippen LogP contribution in [0.4, 0.5) is 0 Å². The van der Waals surface area contributed by atoms with Gasteiger partial charge in [0.2, 0.25) is 5.78 Å². The highest BCUT2D eigenvalue weighted by Gasteiger charge is 2.16. The first-order valence-corrected chi connectivity index (χ1v) is 8.01. The third-order valence-corrected chi connectivity index (χ3v) is 4.56. The van der Waals surface area contributed by atoms with Crippen molar-refractivity contribution in [2.24, 2.45) is 0 Å². The molecule has 3 heterocycles. The summed E-state index contributed by atoms with van der Waals surface area (Å²) in [4.78, 5) is 19.1. The molecule has 6 heteroatoms. The molecule has 0 radical (unpaired) electrons. The first-order chi connectivity index (χ1) is 10.7. The van der Waals surface area contributed by atoms with Crippen LogP contribution in [0.25, 0.3) is 16.8 Å². The molecular formula is C16H17ClN4O. The summed E-state index contributed by atoms with van der Waals surface area (Å²) < 4.78 is 3.74. The summed E-state index contributed by atoms with van der Waals surface area (Å²) in [6, 6.07) is 9.27. The van der Waals surface area contributed by atoms with Crippen molar-refractivity contribution in [2.75, 3.05) is 19.6 Å². The lowest BCUT2D eigenvalue weighted by molar-refractivity contribution is 0.325. The Morgan fingerprint density at radius 1 is 1.09 bits per heavy atom. The van der Waals surface area contributed by atoms with Crippen molar-refractivity contribution in [1.29, 1.82) is 0 Å². The van der Waals surface area contributed by atoms with Crippen molar-refractivity contribution >= 4 is 28.4 Å². The lowest BCUT2D eigenvalue weighted by atomic mass is 10.3. The molecule has 1 aromatic carbocycles. The van der Waals surface area contributed by atoms with E-state index in [0.717, 1.165) is 37.2 Å². The van der Waals surface area contributed by atoms with Crippen LogP contribution in [-0.4, -0.2) is 38.5 Å². The number of hydrogen-bond donors (Lipinski definition) is 0. The van der Waals surface area contributed by atoms with Gasteiger partial charge < -0.3 is 9.47 Å². The van der Waals surface area contributed by atoms with Crippen molar-refractivity contribution < 1.29 is 0 Å². The molecule has 1 aliphatic rings. The lowest BCUT2D eigenvalue weighted by Gasteiger charge is -2.15. The van der Waals surface area contributed by atoms with Gasteiger partial charge in [0.25, 0.3) is 5.56 Å². The predicted molar refractivity (Wildman–Crippen MR) is 87.6 cm³/mol. The van der Waals surface area contributed by atoms with Gasteiger partial charge in [0.05, 0.1) is 11.0 Å². The molecule has 0 spiro atoms. The maximum atomic E-state index is 12.3. The summed E-state index contributed by atoms with van der Waals surface area (Å²) in [5, 5.41) is 0.246. The average Bonchev–Trinajstić information content (AvgIpc) is 3.10. The second-order valence-electron chi connectivity index (χ2n) is 5.74. The van der Waals surface area contributed by atoms with E-state index in [1.165, 1.54) is 18.9 Å². The van der Waals surface area contributed by atoms with E-state index < -0.39 is 0 Å². The minimum Gasteiger partial charge on any atom is -0.308 e. The van der Waals surface area contributed by atoms with Gasteiger partial charge in [0.1, 0.15) is 5.15 Å². The highest BCUT2D eigenvalue weighted by Crippen LogP contribution is 2.19. The Labute approximate surface area is 132 Å². The zero-order valence-corrected chi connectivity index (χ0v) is 13.0. The molecule has 4 rings (SSSR count). The van der Waals surface area contributed by atoms with Crippen molar-refractivity contribution in [3.05, 3.63) is 45.8 Å². The van der Waals surface area contributed by atoms with E-state index in [1.807, 2.05) is 24.3 Å². The number of para-hydroxylation sites is 2. The quantitative estimate of drug-likeness (QED) is 0.697. The van der Waals surface area contributed by atoms with Gasteiger partial charge in [-0.2, -0.15) is 0 Å². The predicted octanol–water partition coefficient (Wildman–Crippen LogP) is 2.40. The van der Waals surface area contributed by atoms with Crippen molar-refractivity contribution in [3.8, 4) is 0 Å². The number of nitrogens with zero attached hydrogens (tertiary/aromatic N) is 4. The summed E-state index contributed by atoms with van der Waals surface area (Å²) in [6.07, 6.45) is 2.55. The van der Waals surface area contributed by atoms with E-state index in [-0.39, 0.29) is 10.7 Å². The maximum absolute atomic E-state index is 12.3. The molecule has 0 N–H and O–H groups in total. The number of imidazole rings is 1. The Kier molecular flexibility index (Phi) is 3.39. The molecule has 22 heavy (non-hydrogen) atoms. The van der Waals surface area contributed by atoms with Crippen LogP contribution in [0.15, 0.2) is 35.1 Å². The van der Waals surface area contributed by atoms with Crippen LogP contribution >= 0.6 is 11.6 Å². The minimum absolute atomic E-state index is 0.133. The molecule has 0 bridgehead atoms. The van der Waals surface area contributed by atoms with E-state index in [0.29, 0.717) is 5.78 Å². The van der Waals surface area contributed by atoms with Gasteiger partial charge in [-0.15, -0.1) is 0 Å². The summed E-state index contributed by atoms with van der Waals surface area (Å²) in [5.41, 5.74) is 1.77. The molecule has 2 aromatic heterocycles. The normalized spacial score (nSPS) is 16.0. The minimum atomic E-state index is -0.133. The third kappa shape index (κ3) is 2.21. The SMILES string of the molecule is O=c1cc(Cl)nc2n(CCN3CCCC3)c3ccccc3n12. The van der Waals surface area contributed by atoms with Crippen LogP contribution < -0.4 is 5.56 Å². The number of hydrogen-bond acceptors (Lipinski definition) is 3. The number of likely N-dealkylation sites (tertiary alicyclic amines) is 1. The average molecular weight is 317 g/mol. The fraction of sp³-hybridized carbons (Fsp3) is 0.375. The van der Waals surface area contributed by atoms with Crippen LogP contribution in [-0.2, 0) is 6.54 Å². The lowest BCUT2D eigenvalue weighted by Crippen LogP contribution is -2.24. The fourth-order valence-electron chi connectivity index (χ4n) is 3.31. The topological polar surface area (TPSA) is 42.5 Å².